The molecule has 0 saturated heterocycles. The number of aromatic nitrogens is 2. The predicted molar refractivity (Wildman–Crippen MR) is 138 cm³/mol. The lowest BCUT2D eigenvalue weighted by molar-refractivity contribution is 0.0954. The third kappa shape index (κ3) is 5.26. The molecule has 0 bridgehead atoms. The molecule has 0 fully saturated rings. The van der Waals surface area contributed by atoms with Gasteiger partial charge in [-0.15, -0.1) is 0 Å². The summed E-state index contributed by atoms with van der Waals surface area (Å²) >= 11 is 7.45. The molecule has 1 amide bonds. The van der Waals surface area contributed by atoms with E-state index >= 15 is 0 Å². The number of carbonyl (C=O) groups excluding carboxylic acids is 1. The van der Waals surface area contributed by atoms with Crippen LogP contribution in [0, 0.1) is 0 Å². The summed E-state index contributed by atoms with van der Waals surface area (Å²) in [6, 6.07) is 19.9. The molecule has 0 saturated carbocycles. The van der Waals surface area contributed by atoms with E-state index in [1.165, 1.54) is 11.8 Å². The lowest BCUT2D eigenvalue weighted by atomic mass is 10.1. The van der Waals surface area contributed by atoms with Gasteiger partial charge in [0, 0.05) is 29.0 Å². The molecule has 3 aromatic carbocycles. The third-order valence-corrected chi connectivity index (χ3v) is 6.49. The number of nitrogens with zero attached hydrogens (tertiary/aromatic N) is 2. The maximum Gasteiger partial charge on any atom is 0.266 e. The smallest absolute Gasteiger partial charge is 0.266 e. The van der Waals surface area contributed by atoms with Crippen LogP contribution in [0.1, 0.15) is 29.3 Å². The Kier molecular flexibility index (Phi) is 7.55. The van der Waals surface area contributed by atoms with E-state index in [-0.39, 0.29) is 11.5 Å². The molecule has 1 N–H and O–H groups in total. The van der Waals surface area contributed by atoms with Crippen molar-refractivity contribution in [3.63, 3.8) is 0 Å². The normalized spacial score (nSPS) is 10.9. The third-order valence-electron chi connectivity index (χ3n) is 5.23. The van der Waals surface area contributed by atoms with Crippen LogP contribution in [0.25, 0.3) is 16.6 Å². The summed E-state index contributed by atoms with van der Waals surface area (Å²) < 4.78 is 6.94. The van der Waals surface area contributed by atoms with Crippen molar-refractivity contribution in [2.75, 3.05) is 13.7 Å². The fraction of sp³-hybridized carbons (Fsp3) is 0.192. The van der Waals surface area contributed by atoms with E-state index in [1.807, 2.05) is 49.4 Å². The van der Waals surface area contributed by atoms with Crippen molar-refractivity contribution in [1.29, 1.82) is 0 Å². The van der Waals surface area contributed by atoms with E-state index < -0.39 is 0 Å². The van der Waals surface area contributed by atoms with Gasteiger partial charge >= 0.3 is 0 Å². The van der Waals surface area contributed by atoms with Crippen molar-refractivity contribution >= 4 is 40.2 Å². The minimum Gasteiger partial charge on any atom is -0.497 e. The lowest BCUT2D eigenvalue weighted by Crippen LogP contribution is -2.25. The molecule has 34 heavy (non-hydrogen) atoms. The maximum atomic E-state index is 13.6. The van der Waals surface area contributed by atoms with E-state index in [9.17, 15) is 9.59 Å². The average Bonchev–Trinajstić information content (AvgIpc) is 2.86. The topological polar surface area (TPSA) is 73.2 Å². The standard InChI is InChI=1S/C26H24ClN3O3S/c1-3-13-28-24(31)18-9-12-22-23(14-18)29-26(34-16-17-7-10-19(27)11-8-17)30(25(22)32)20-5-4-6-21(15-20)33-2/h4-12,14-15H,3,13,16H2,1-2H3,(H,28,31). The molecule has 6 nitrogen and oxygen atoms in total. The van der Waals surface area contributed by atoms with Gasteiger partial charge in [-0.3, -0.25) is 14.2 Å². The number of benzene rings is 3. The van der Waals surface area contributed by atoms with Crippen LogP contribution < -0.4 is 15.6 Å². The number of rotatable bonds is 8. The Morgan fingerprint density at radius 2 is 1.91 bits per heavy atom. The summed E-state index contributed by atoms with van der Waals surface area (Å²) in [6.07, 6.45) is 0.842. The number of amides is 1. The number of hydrogen-bond acceptors (Lipinski definition) is 5. The lowest BCUT2D eigenvalue weighted by Gasteiger charge is -2.14. The van der Waals surface area contributed by atoms with Crippen LogP contribution in [-0.2, 0) is 5.75 Å². The second-order valence-corrected chi connectivity index (χ2v) is 9.02. The first-order valence-electron chi connectivity index (χ1n) is 10.9. The Balaban J connectivity index is 1.82. The number of methoxy groups -OCH3 is 1. The van der Waals surface area contributed by atoms with E-state index in [1.54, 1.807) is 35.9 Å². The van der Waals surface area contributed by atoms with Crippen LogP contribution in [0.4, 0.5) is 0 Å². The van der Waals surface area contributed by atoms with Crippen LogP contribution in [0.15, 0.2) is 76.7 Å². The Morgan fingerprint density at radius 1 is 1.12 bits per heavy atom. The number of hydrogen-bond donors (Lipinski definition) is 1. The summed E-state index contributed by atoms with van der Waals surface area (Å²) in [6.45, 7) is 2.58. The molecule has 0 aliphatic carbocycles. The molecule has 0 aliphatic rings. The fourth-order valence-electron chi connectivity index (χ4n) is 3.45. The summed E-state index contributed by atoms with van der Waals surface area (Å²) in [5.41, 5.74) is 2.45. The van der Waals surface area contributed by atoms with Crippen molar-refractivity contribution in [2.24, 2.45) is 0 Å². The Labute approximate surface area is 206 Å². The first-order valence-corrected chi connectivity index (χ1v) is 12.2. The number of nitrogens with one attached hydrogen (secondary N) is 1. The Bertz CT molecular complexity index is 1390. The van der Waals surface area contributed by atoms with Gasteiger partial charge in [-0.25, -0.2) is 4.98 Å². The maximum absolute atomic E-state index is 13.6. The van der Waals surface area contributed by atoms with Crippen molar-refractivity contribution in [3.05, 3.63) is 93.2 Å². The molecule has 4 aromatic rings. The van der Waals surface area contributed by atoms with Gasteiger partial charge in [-0.2, -0.15) is 0 Å². The second-order valence-electron chi connectivity index (χ2n) is 7.64. The van der Waals surface area contributed by atoms with Gasteiger partial charge in [0.05, 0.1) is 23.7 Å². The molecule has 1 aromatic heterocycles. The number of thioether (sulfide) groups is 1. The molecule has 4 rings (SSSR count). The van der Waals surface area contributed by atoms with Gasteiger partial charge in [0.1, 0.15) is 5.75 Å². The summed E-state index contributed by atoms with van der Waals surface area (Å²) in [4.78, 5) is 30.9. The Hall–Kier alpha value is -3.29. The van der Waals surface area contributed by atoms with Gasteiger partial charge < -0.3 is 10.1 Å². The first-order chi connectivity index (χ1) is 16.5. The van der Waals surface area contributed by atoms with Crippen LogP contribution in [0.5, 0.6) is 5.75 Å². The molecule has 0 aliphatic heterocycles. The highest BCUT2D eigenvalue weighted by Crippen LogP contribution is 2.27. The summed E-state index contributed by atoms with van der Waals surface area (Å²) in [5.74, 6) is 1.05. The minimum atomic E-state index is -0.211. The van der Waals surface area contributed by atoms with E-state index in [0.717, 1.165) is 12.0 Å². The fourth-order valence-corrected chi connectivity index (χ4v) is 4.54. The minimum absolute atomic E-state index is 0.183. The highest BCUT2D eigenvalue weighted by Gasteiger charge is 2.16. The van der Waals surface area contributed by atoms with Crippen LogP contribution in [0.2, 0.25) is 5.02 Å². The van der Waals surface area contributed by atoms with Crippen LogP contribution in [-0.4, -0.2) is 29.1 Å². The van der Waals surface area contributed by atoms with Crippen molar-refractivity contribution < 1.29 is 9.53 Å². The average molecular weight is 494 g/mol. The Morgan fingerprint density at radius 3 is 2.65 bits per heavy atom. The zero-order valence-electron chi connectivity index (χ0n) is 18.9. The number of ether oxygens (including phenoxy) is 1. The monoisotopic (exact) mass is 493 g/mol. The SMILES string of the molecule is CCCNC(=O)c1ccc2c(=O)n(-c3cccc(OC)c3)c(SCc3ccc(Cl)cc3)nc2c1. The van der Waals surface area contributed by atoms with Gasteiger partial charge in [-0.1, -0.05) is 48.5 Å². The zero-order valence-corrected chi connectivity index (χ0v) is 20.4. The number of carbonyl (C=O) groups is 1. The highest BCUT2D eigenvalue weighted by molar-refractivity contribution is 7.98. The second kappa shape index (κ2) is 10.8. The van der Waals surface area contributed by atoms with E-state index in [4.69, 9.17) is 21.3 Å². The van der Waals surface area contributed by atoms with Crippen molar-refractivity contribution in [3.8, 4) is 11.4 Å². The highest BCUT2D eigenvalue weighted by atomic mass is 35.5. The number of halogens is 1. The van der Waals surface area contributed by atoms with Crippen molar-refractivity contribution in [1.82, 2.24) is 14.9 Å². The van der Waals surface area contributed by atoms with Crippen LogP contribution in [0.3, 0.4) is 0 Å². The summed E-state index contributed by atoms with van der Waals surface area (Å²) in [5, 5.41) is 4.49. The molecule has 0 unspecified atom stereocenters. The zero-order chi connectivity index (χ0) is 24.1. The van der Waals surface area contributed by atoms with Gasteiger partial charge in [0.15, 0.2) is 5.16 Å². The van der Waals surface area contributed by atoms with Crippen LogP contribution >= 0.6 is 23.4 Å². The van der Waals surface area contributed by atoms with E-state index in [0.29, 0.717) is 50.4 Å². The molecule has 0 radical (unpaired) electrons. The predicted octanol–water partition coefficient (Wildman–Crippen LogP) is 5.48. The molecular formula is C26H24ClN3O3S. The van der Waals surface area contributed by atoms with E-state index in [2.05, 4.69) is 5.32 Å². The summed E-state index contributed by atoms with van der Waals surface area (Å²) in [7, 11) is 1.59. The number of fused-ring (bicyclic) bond motifs is 1. The molecule has 1 heterocycles. The van der Waals surface area contributed by atoms with Gasteiger partial charge in [0.2, 0.25) is 0 Å². The molecular weight excluding hydrogens is 470 g/mol. The van der Waals surface area contributed by atoms with Gasteiger partial charge in [0.25, 0.3) is 11.5 Å². The molecule has 174 valence electrons. The first kappa shape index (κ1) is 23.9. The van der Waals surface area contributed by atoms with Crippen molar-refractivity contribution in [2.45, 2.75) is 24.3 Å². The quantitative estimate of drug-likeness (QED) is 0.260. The molecule has 0 spiro atoms. The van der Waals surface area contributed by atoms with Gasteiger partial charge in [-0.05, 0) is 54.4 Å². The molecule has 0 atom stereocenters. The largest absolute Gasteiger partial charge is 0.497 e. The molecule has 8 heteroatoms.